The van der Waals surface area contributed by atoms with Gasteiger partial charge in [-0.05, 0) is 34.1 Å². The van der Waals surface area contributed by atoms with Gasteiger partial charge in [0, 0.05) is 32.8 Å². The van der Waals surface area contributed by atoms with Crippen molar-refractivity contribution in [2.75, 3.05) is 20.0 Å². The molecule has 0 saturated heterocycles. The average Bonchev–Trinajstić information content (AvgIpc) is 2.53. The molecule has 0 saturated carbocycles. The van der Waals surface area contributed by atoms with E-state index in [0.29, 0.717) is 0 Å². The second kappa shape index (κ2) is 7.73. The van der Waals surface area contributed by atoms with Gasteiger partial charge < -0.3 is 15.2 Å². The molecule has 2 aromatic rings. The highest BCUT2D eigenvalue weighted by atomic mass is 79.9. The summed E-state index contributed by atoms with van der Waals surface area (Å²) in [5.74, 6) is 2.29. The minimum atomic E-state index is -0.108. The topological polar surface area (TPSA) is 44.5 Å². The lowest BCUT2D eigenvalue weighted by atomic mass is 10.1. The molecule has 2 N–H and O–H groups in total. The summed E-state index contributed by atoms with van der Waals surface area (Å²) in [5.41, 5.74) is 7.29. The number of hydrogen-bond donors (Lipinski definition) is 1. The van der Waals surface area contributed by atoms with Gasteiger partial charge in [0.25, 0.3) is 0 Å². The number of benzene rings is 2. The first kappa shape index (κ1) is 16.2. The lowest BCUT2D eigenvalue weighted by molar-refractivity contribution is 0.389. The van der Waals surface area contributed by atoms with E-state index in [2.05, 4.69) is 22.0 Å². The van der Waals surface area contributed by atoms with Gasteiger partial charge in [0.15, 0.2) is 0 Å². The van der Waals surface area contributed by atoms with Crippen LogP contribution in [0.15, 0.2) is 51.8 Å². The predicted molar refractivity (Wildman–Crippen MR) is 91.3 cm³/mol. The van der Waals surface area contributed by atoms with Gasteiger partial charge in [-0.2, -0.15) is 0 Å². The highest BCUT2D eigenvalue weighted by Crippen LogP contribution is 2.33. The Morgan fingerprint density at radius 2 is 1.90 bits per heavy atom. The number of rotatable bonds is 6. The molecule has 21 heavy (non-hydrogen) atoms. The SMILES string of the molecule is COc1ccc(C(N)CSc2ccccc2Br)c(OC)c1. The van der Waals surface area contributed by atoms with Crippen LogP contribution in [0.25, 0.3) is 0 Å². The van der Waals surface area contributed by atoms with Crippen LogP contribution in [0.4, 0.5) is 0 Å². The number of nitrogens with two attached hydrogens (primary N) is 1. The Labute approximate surface area is 138 Å². The van der Waals surface area contributed by atoms with Crippen molar-refractivity contribution in [3.8, 4) is 11.5 Å². The Balaban J connectivity index is 2.10. The molecular formula is C16H18BrNO2S. The second-order valence-corrected chi connectivity index (χ2v) is 6.37. The Morgan fingerprint density at radius 3 is 2.57 bits per heavy atom. The van der Waals surface area contributed by atoms with Crippen molar-refractivity contribution in [1.82, 2.24) is 0 Å². The first-order chi connectivity index (χ1) is 10.2. The van der Waals surface area contributed by atoms with Crippen LogP contribution in [0.1, 0.15) is 11.6 Å². The molecule has 0 radical (unpaired) electrons. The van der Waals surface area contributed by atoms with Crippen LogP contribution in [0.5, 0.6) is 11.5 Å². The van der Waals surface area contributed by atoms with Crippen molar-refractivity contribution in [3.05, 3.63) is 52.5 Å². The minimum absolute atomic E-state index is 0.108. The molecule has 2 aromatic carbocycles. The molecule has 0 bridgehead atoms. The molecule has 0 fully saturated rings. The summed E-state index contributed by atoms with van der Waals surface area (Å²) in [5, 5.41) is 0. The predicted octanol–water partition coefficient (Wildman–Crippen LogP) is 4.26. The lowest BCUT2D eigenvalue weighted by Gasteiger charge is -2.16. The van der Waals surface area contributed by atoms with Gasteiger partial charge >= 0.3 is 0 Å². The largest absolute Gasteiger partial charge is 0.497 e. The number of ether oxygens (including phenoxy) is 2. The fraction of sp³-hybridized carbons (Fsp3) is 0.250. The van der Waals surface area contributed by atoms with Gasteiger partial charge in [-0.15, -0.1) is 11.8 Å². The molecule has 0 aliphatic heterocycles. The maximum Gasteiger partial charge on any atom is 0.127 e. The van der Waals surface area contributed by atoms with Gasteiger partial charge in [-0.25, -0.2) is 0 Å². The van der Waals surface area contributed by atoms with E-state index in [1.165, 1.54) is 4.90 Å². The quantitative estimate of drug-likeness (QED) is 0.774. The lowest BCUT2D eigenvalue weighted by Crippen LogP contribution is -2.14. The Bertz CT molecular complexity index is 607. The number of halogens is 1. The zero-order valence-electron chi connectivity index (χ0n) is 12.0. The Hall–Kier alpha value is -1.17. The standard InChI is InChI=1S/C16H18BrNO2S/c1-19-11-7-8-12(15(9-11)20-2)14(18)10-21-16-6-4-3-5-13(16)17/h3-9,14H,10,18H2,1-2H3. The van der Waals surface area contributed by atoms with Crippen LogP contribution in [0.3, 0.4) is 0 Å². The van der Waals surface area contributed by atoms with Crippen LogP contribution < -0.4 is 15.2 Å². The maximum absolute atomic E-state index is 6.30. The average molecular weight is 368 g/mol. The summed E-state index contributed by atoms with van der Waals surface area (Å²) >= 11 is 5.27. The summed E-state index contributed by atoms with van der Waals surface area (Å²) in [7, 11) is 3.28. The third kappa shape index (κ3) is 4.15. The van der Waals surface area contributed by atoms with Gasteiger partial charge in [0.05, 0.1) is 14.2 Å². The maximum atomic E-state index is 6.30. The minimum Gasteiger partial charge on any atom is -0.497 e. The van der Waals surface area contributed by atoms with E-state index in [1.54, 1.807) is 26.0 Å². The summed E-state index contributed by atoms with van der Waals surface area (Å²) in [6, 6.07) is 13.7. The first-order valence-electron chi connectivity index (χ1n) is 6.50. The molecule has 112 valence electrons. The molecule has 0 heterocycles. The zero-order valence-corrected chi connectivity index (χ0v) is 14.4. The number of methoxy groups -OCH3 is 2. The van der Waals surface area contributed by atoms with Crippen molar-refractivity contribution >= 4 is 27.7 Å². The Morgan fingerprint density at radius 1 is 1.14 bits per heavy atom. The monoisotopic (exact) mass is 367 g/mol. The van der Waals surface area contributed by atoms with E-state index < -0.39 is 0 Å². The molecule has 5 heteroatoms. The van der Waals surface area contributed by atoms with Gasteiger partial charge in [0.2, 0.25) is 0 Å². The van der Waals surface area contributed by atoms with E-state index >= 15 is 0 Å². The normalized spacial score (nSPS) is 12.0. The van der Waals surface area contributed by atoms with Crippen LogP contribution >= 0.6 is 27.7 Å². The van der Waals surface area contributed by atoms with E-state index in [9.17, 15) is 0 Å². The van der Waals surface area contributed by atoms with Crippen molar-refractivity contribution in [2.24, 2.45) is 5.73 Å². The fourth-order valence-electron chi connectivity index (χ4n) is 1.96. The smallest absolute Gasteiger partial charge is 0.127 e. The number of hydrogen-bond acceptors (Lipinski definition) is 4. The molecule has 0 aliphatic carbocycles. The molecule has 0 aliphatic rings. The van der Waals surface area contributed by atoms with Crippen LogP contribution in [-0.4, -0.2) is 20.0 Å². The van der Waals surface area contributed by atoms with Crippen LogP contribution in [0, 0.1) is 0 Å². The molecular weight excluding hydrogens is 350 g/mol. The van der Waals surface area contributed by atoms with Crippen molar-refractivity contribution in [3.63, 3.8) is 0 Å². The highest BCUT2D eigenvalue weighted by Gasteiger charge is 2.14. The Kier molecular flexibility index (Phi) is 5.96. The van der Waals surface area contributed by atoms with Gasteiger partial charge in [0.1, 0.15) is 11.5 Å². The second-order valence-electron chi connectivity index (χ2n) is 4.46. The van der Waals surface area contributed by atoms with Crippen LogP contribution in [0.2, 0.25) is 0 Å². The summed E-state index contributed by atoms with van der Waals surface area (Å²) in [6.07, 6.45) is 0. The third-order valence-corrected chi connectivity index (χ3v) is 5.24. The molecule has 3 nitrogen and oxygen atoms in total. The molecule has 0 spiro atoms. The fourth-order valence-corrected chi connectivity index (χ4v) is 3.50. The van der Waals surface area contributed by atoms with Gasteiger partial charge in [-0.1, -0.05) is 18.2 Å². The van der Waals surface area contributed by atoms with E-state index in [0.717, 1.165) is 27.3 Å². The van der Waals surface area contributed by atoms with E-state index in [1.807, 2.05) is 36.4 Å². The molecule has 1 unspecified atom stereocenters. The first-order valence-corrected chi connectivity index (χ1v) is 8.28. The van der Waals surface area contributed by atoms with E-state index in [4.69, 9.17) is 15.2 Å². The van der Waals surface area contributed by atoms with Gasteiger partial charge in [-0.3, -0.25) is 0 Å². The zero-order chi connectivity index (χ0) is 15.2. The van der Waals surface area contributed by atoms with Crippen molar-refractivity contribution in [2.45, 2.75) is 10.9 Å². The molecule has 1 atom stereocenters. The number of thioether (sulfide) groups is 1. The highest BCUT2D eigenvalue weighted by molar-refractivity contribution is 9.10. The summed E-state index contributed by atoms with van der Waals surface area (Å²) in [4.78, 5) is 1.18. The molecule has 0 amide bonds. The third-order valence-electron chi connectivity index (χ3n) is 3.10. The van der Waals surface area contributed by atoms with Crippen molar-refractivity contribution < 1.29 is 9.47 Å². The van der Waals surface area contributed by atoms with E-state index in [-0.39, 0.29) is 6.04 Å². The summed E-state index contributed by atoms with van der Waals surface area (Å²) in [6.45, 7) is 0. The van der Waals surface area contributed by atoms with Crippen LogP contribution in [-0.2, 0) is 0 Å². The molecule has 2 rings (SSSR count). The van der Waals surface area contributed by atoms with Crippen molar-refractivity contribution in [1.29, 1.82) is 0 Å². The summed E-state index contributed by atoms with van der Waals surface area (Å²) < 4.78 is 11.7. The molecule has 0 aromatic heterocycles.